The van der Waals surface area contributed by atoms with E-state index < -0.39 is 0 Å². The van der Waals surface area contributed by atoms with E-state index in [1.807, 2.05) is 38.1 Å². The van der Waals surface area contributed by atoms with E-state index in [0.717, 1.165) is 12.0 Å². The second kappa shape index (κ2) is 8.82. The summed E-state index contributed by atoms with van der Waals surface area (Å²) in [6.07, 6.45) is 1.46. The molecule has 4 nitrogen and oxygen atoms in total. The van der Waals surface area contributed by atoms with Crippen LogP contribution in [0, 0.1) is 0 Å². The van der Waals surface area contributed by atoms with E-state index in [-0.39, 0.29) is 18.7 Å². The van der Waals surface area contributed by atoms with E-state index in [4.69, 9.17) is 16.7 Å². The maximum atomic E-state index is 12.2. The lowest BCUT2D eigenvalue weighted by molar-refractivity contribution is 0.192. The molecular weight excluding hydrogens is 276 g/mol. The van der Waals surface area contributed by atoms with Crippen LogP contribution in [-0.4, -0.2) is 35.2 Å². The Balaban J connectivity index is 2.57. The zero-order valence-corrected chi connectivity index (χ0v) is 12.9. The average Bonchev–Trinajstić information content (AvgIpc) is 2.44. The molecule has 1 atom stereocenters. The van der Waals surface area contributed by atoms with Crippen molar-refractivity contribution >= 4 is 17.6 Å². The van der Waals surface area contributed by atoms with Crippen molar-refractivity contribution in [3.8, 4) is 0 Å². The van der Waals surface area contributed by atoms with Gasteiger partial charge in [0.05, 0.1) is 0 Å². The monoisotopic (exact) mass is 298 g/mol. The van der Waals surface area contributed by atoms with Crippen LogP contribution >= 0.6 is 11.6 Å². The molecule has 2 N–H and O–H groups in total. The lowest BCUT2D eigenvalue weighted by Crippen LogP contribution is -2.43. The average molecular weight is 299 g/mol. The molecule has 5 heteroatoms. The van der Waals surface area contributed by atoms with Crippen molar-refractivity contribution in [2.45, 2.75) is 39.3 Å². The van der Waals surface area contributed by atoms with E-state index in [2.05, 4.69) is 5.32 Å². The molecule has 0 heterocycles. The fraction of sp³-hybridized carbons (Fsp3) is 0.533. The van der Waals surface area contributed by atoms with Crippen LogP contribution < -0.4 is 5.32 Å². The zero-order valence-electron chi connectivity index (χ0n) is 12.1. The number of aliphatic hydroxyl groups is 1. The number of hydrogen-bond donors (Lipinski definition) is 2. The summed E-state index contributed by atoms with van der Waals surface area (Å²) in [5, 5.41) is 12.4. The minimum absolute atomic E-state index is 0.0509. The Bertz CT molecular complexity index is 426. The number of benzene rings is 1. The number of amides is 2. The van der Waals surface area contributed by atoms with Crippen molar-refractivity contribution in [1.29, 1.82) is 0 Å². The van der Waals surface area contributed by atoms with E-state index >= 15 is 0 Å². The van der Waals surface area contributed by atoms with Gasteiger partial charge in [0.25, 0.3) is 0 Å². The van der Waals surface area contributed by atoms with Gasteiger partial charge in [-0.05, 0) is 38.3 Å². The summed E-state index contributed by atoms with van der Waals surface area (Å²) < 4.78 is 0. The normalized spacial score (nSPS) is 12.0. The van der Waals surface area contributed by atoms with Crippen molar-refractivity contribution in [1.82, 2.24) is 10.2 Å². The standard InChI is InChI=1S/C15H23ClN2O2/c1-3-18(11-13-8-4-5-9-14(13)16)15(20)17-12(2)7-6-10-19/h4-5,8-9,12,19H,3,6-7,10-11H2,1-2H3,(H,17,20). The fourth-order valence-corrected chi connectivity index (χ4v) is 2.13. The third-order valence-corrected chi connectivity index (χ3v) is 3.52. The number of nitrogens with zero attached hydrogens (tertiary/aromatic N) is 1. The Morgan fingerprint density at radius 1 is 1.45 bits per heavy atom. The third-order valence-electron chi connectivity index (χ3n) is 3.15. The van der Waals surface area contributed by atoms with Gasteiger partial charge in [0.1, 0.15) is 0 Å². The summed E-state index contributed by atoms with van der Waals surface area (Å²) in [5.41, 5.74) is 0.939. The lowest BCUT2D eigenvalue weighted by atomic mass is 10.2. The first kappa shape index (κ1) is 16.8. The van der Waals surface area contributed by atoms with E-state index in [0.29, 0.717) is 24.5 Å². The summed E-state index contributed by atoms with van der Waals surface area (Å²) >= 11 is 6.12. The zero-order chi connectivity index (χ0) is 15.0. The highest BCUT2D eigenvalue weighted by Gasteiger charge is 2.15. The Hall–Kier alpha value is -1.26. The van der Waals surface area contributed by atoms with Gasteiger partial charge in [0.2, 0.25) is 0 Å². The summed E-state index contributed by atoms with van der Waals surface area (Å²) in [7, 11) is 0. The number of nitrogens with one attached hydrogen (secondary N) is 1. The number of urea groups is 1. The number of carbonyl (C=O) groups excluding carboxylic acids is 1. The van der Waals surface area contributed by atoms with E-state index in [1.54, 1.807) is 4.90 Å². The Morgan fingerprint density at radius 3 is 2.75 bits per heavy atom. The summed E-state index contributed by atoms with van der Waals surface area (Å²) in [6, 6.07) is 7.49. The molecule has 0 spiro atoms. The van der Waals surface area contributed by atoms with Crippen molar-refractivity contribution in [2.24, 2.45) is 0 Å². The smallest absolute Gasteiger partial charge is 0.317 e. The maximum Gasteiger partial charge on any atom is 0.317 e. The molecule has 0 radical (unpaired) electrons. The quantitative estimate of drug-likeness (QED) is 0.813. The molecule has 1 unspecified atom stereocenters. The molecule has 1 rings (SSSR count). The fourth-order valence-electron chi connectivity index (χ4n) is 1.93. The highest BCUT2D eigenvalue weighted by atomic mass is 35.5. The molecule has 0 fully saturated rings. The van der Waals surface area contributed by atoms with Crippen LogP contribution in [0.25, 0.3) is 0 Å². The molecule has 1 aromatic carbocycles. The first-order chi connectivity index (χ1) is 9.58. The maximum absolute atomic E-state index is 12.2. The number of aliphatic hydroxyl groups excluding tert-OH is 1. The van der Waals surface area contributed by atoms with Gasteiger partial charge in [0, 0.05) is 30.8 Å². The van der Waals surface area contributed by atoms with Crippen LogP contribution in [0.1, 0.15) is 32.3 Å². The highest BCUT2D eigenvalue weighted by Crippen LogP contribution is 2.17. The van der Waals surface area contributed by atoms with Crippen LogP contribution in [-0.2, 0) is 6.54 Å². The largest absolute Gasteiger partial charge is 0.396 e. The Kier molecular flexibility index (Phi) is 7.41. The van der Waals surface area contributed by atoms with Crippen LogP contribution in [0.3, 0.4) is 0 Å². The molecule has 2 amide bonds. The molecule has 0 aliphatic rings. The molecule has 20 heavy (non-hydrogen) atoms. The minimum Gasteiger partial charge on any atom is -0.396 e. The van der Waals surface area contributed by atoms with Gasteiger partial charge in [-0.1, -0.05) is 29.8 Å². The predicted octanol–water partition coefficient (Wildman–Crippen LogP) is 3.03. The molecule has 0 saturated heterocycles. The van der Waals surface area contributed by atoms with Crippen LogP contribution in [0.4, 0.5) is 4.79 Å². The molecule has 112 valence electrons. The molecule has 0 aliphatic heterocycles. The van der Waals surface area contributed by atoms with Gasteiger partial charge < -0.3 is 15.3 Å². The van der Waals surface area contributed by atoms with Gasteiger partial charge in [-0.3, -0.25) is 0 Å². The summed E-state index contributed by atoms with van der Waals surface area (Å²) in [4.78, 5) is 13.9. The number of carbonyl (C=O) groups is 1. The molecular formula is C15H23ClN2O2. The molecule has 0 aliphatic carbocycles. The predicted molar refractivity (Wildman–Crippen MR) is 81.8 cm³/mol. The van der Waals surface area contributed by atoms with Gasteiger partial charge in [-0.15, -0.1) is 0 Å². The highest BCUT2D eigenvalue weighted by molar-refractivity contribution is 6.31. The van der Waals surface area contributed by atoms with Gasteiger partial charge in [-0.2, -0.15) is 0 Å². The number of halogens is 1. The topological polar surface area (TPSA) is 52.6 Å². The van der Waals surface area contributed by atoms with E-state index in [1.165, 1.54) is 0 Å². The van der Waals surface area contributed by atoms with Crippen molar-refractivity contribution < 1.29 is 9.90 Å². The SMILES string of the molecule is CCN(Cc1ccccc1Cl)C(=O)NC(C)CCCO. The first-order valence-corrected chi connectivity index (χ1v) is 7.36. The summed E-state index contributed by atoms with van der Waals surface area (Å²) in [6.45, 7) is 5.14. The molecule has 0 aromatic heterocycles. The molecule has 0 saturated carbocycles. The minimum atomic E-state index is -0.0992. The Morgan fingerprint density at radius 2 is 2.15 bits per heavy atom. The molecule has 1 aromatic rings. The first-order valence-electron chi connectivity index (χ1n) is 6.98. The van der Waals surface area contributed by atoms with Crippen molar-refractivity contribution in [2.75, 3.05) is 13.2 Å². The van der Waals surface area contributed by atoms with Gasteiger partial charge in [-0.25, -0.2) is 4.79 Å². The van der Waals surface area contributed by atoms with Crippen molar-refractivity contribution in [3.05, 3.63) is 34.9 Å². The third kappa shape index (κ3) is 5.39. The second-order valence-corrected chi connectivity index (χ2v) is 5.23. The van der Waals surface area contributed by atoms with Crippen LogP contribution in [0.15, 0.2) is 24.3 Å². The lowest BCUT2D eigenvalue weighted by Gasteiger charge is -2.24. The second-order valence-electron chi connectivity index (χ2n) is 4.82. The van der Waals surface area contributed by atoms with Gasteiger partial charge in [0.15, 0.2) is 0 Å². The van der Waals surface area contributed by atoms with Crippen LogP contribution in [0.2, 0.25) is 5.02 Å². The van der Waals surface area contributed by atoms with Gasteiger partial charge >= 0.3 is 6.03 Å². The number of hydrogen-bond acceptors (Lipinski definition) is 2. The molecule has 0 bridgehead atoms. The number of rotatable bonds is 7. The van der Waals surface area contributed by atoms with E-state index in [9.17, 15) is 4.79 Å². The van der Waals surface area contributed by atoms with Crippen LogP contribution in [0.5, 0.6) is 0 Å². The van der Waals surface area contributed by atoms with Crippen molar-refractivity contribution in [3.63, 3.8) is 0 Å². The Labute approximate surface area is 125 Å². The summed E-state index contributed by atoms with van der Waals surface area (Å²) in [5.74, 6) is 0.